The Hall–Kier alpha value is -0.680. The van der Waals surface area contributed by atoms with E-state index in [1.165, 1.54) is 0 Å². The number of anilines is 1. The number of rotatable bonds is 1. The summed E-state index contributed by atoms with van der Waals surface area (Å²) in [4.78, 5) is 10.4. The largest absolute Gasteiger partial charge is 0.354 e. The van der Waals surface area contributed by atoms with Gasteiger partial charge in [0.05, 0.1) is 4.47 Å². The standard InChI is InChI=1S/C9H13BrN4/c1-6-3-14(4-8(6)11)9-7(10)2-12-5-13-9/h2,5-6,8H,3-4,11H2,1H3. The summed E-state index contributed by atoms with van der Waals surface area (Å²) in [5.41, 5.74) is 5.96. The molecule has 0 aliphatic carbocycles. The normalized spacial score (nSPS) is 26.9. The number of hydrogen-bond donors (Lipinski definition) is 1. The molecule has 1 aromatic heterocycles. The topological polar surface area (TPSA) is 55.0 Å². The summed E-state index contributed by atoms with van der Waals surface area (Å²) in [6, 6.07) is 0.247. The summed E-state index contributed by atoms with van der Waals surface area (Å²) >= 11 is 3.44. The average molecular weight is 257 g/mol. The zero-order valence-electron chi connectivity index (χ0n) is 8.02. The lowest BCUT2D eigenvalue weighted by Gasteiger charge is -2.17. The predicted molar refractivity (Wildman–Crippen MR) is 59.1 cm³/mol. The predicted octanol–water partition coefficient (Wildman–Crippen LogP) is 1.02. The molecule has 0 radical (unpaired) electrons. The third-order valence-corrected chi connectivity index (χ3v) is 3.18. The molecule has 2 unspecified atom stereocenters. The summed E-state index contributed by atoms with van der Waals surface area (Å²) in [6.45, 7) is 4.01. The number of nitrogens with zero attached hydrogens (tertiary/aromatic N) is 3. The van der Waals surface area contributed by atoms with E-state index in [1.807, 2.05) is 0 Å². The van der Waals surface area contributed by atoms with Crippen LogP contribution in [0.4, 0.5) is 5.82 Å². The number of aromatic nitrogens is 2. The molecule has 2 rings (SSSR count). The molecule has 2 heterocycles. The van der Waals surface area contributed by atoms with E-state index in [2.05, 4.69) is 37.7 Å². The zero-order valence-corrected chi connectivity index (χ0v) is 9.61. The number of halogens is 1. The first kappa shape index (κ1) is 9.86. The first-order valence-corrected chi connectivity index (χ1v) is 5.44. The van der Waals surface area contributed by atoms with Crippen molar-refractivity contribution in [1.82, 2.24) is 9.97 Å². The van der Waals surface area contributed by atoms with Gasteiger partial charge in [0.2, 0.25) is 0 Å². The van der Waals surface area contributed by atoms with Crippen molar-refractivity contribution in [2.45, 2.75) is 13.0 Å². The third kappa shape index (κ3) is 1.74. The van der Waals surface area contributed by atoms with Crippen molar-refractivity contribution in [2.75, 3.05) is 18.0 Å². The van der Waals surface area contributed by atoms with E-state index >= 15 is 0 Å². The van der Waals surface area contributed by atoms with Gasteiger partial charge in [-0.2, -0.15) is 0 Å². The van der Waals surface area contributed by atoms with Crippen molar-refractivity contribution in [3.63, 3.8) is 0 Å². The van der Waals surface area contributed by atoms with E-state index < -0.39 is 0 Å². The highest BCUT2D eigenvalue weighted by atomic mass is 79.9. The minimum atomic E-state index is 0.247. The Kier molecular flexibility index (Phi) is 2.69. The van der Waals surface area contributed by atoms with Gasteiger partial charge in [-0.3, -0.25) is 0 Å². The van der Waals surface area contributed by atoms with Crippen LogP contribution in [-0.4, -0.2) is 29.1 Å². The SMILES string of the molecule is CC1CN(c2ncncc2Br)CC1N. The Labute approximate surface area is 91.7 Å². The van der Waals surface area contributed by atoms with Gasteiger partial charge in [-0.15, -0.1) is 0 Å². The van der Waals surface area contributed by atoms with Crippen molar-refractivity contribution in [1.29, 1.82) is 0 Å². The molecule has 2 atom stereocenters. The zero-order chi connectivity index (χ0) is 10.1. The maximum absolute atomic E-state index is 5.96. The first-order valence-electron chi connectivity index (χ1n) is 4.64. The molecule has 5 heteroatoms. The monoisotopic (exact) mass is 256 g/mol. The van der Waals surface area contributed by atoms with Gasteiger partial charge in [0, 0.05) is 25.3 Å². The molecule has 1 aliphatic rings. The Morgan fingerprint density at radius 1 is 1.57 bits per heavy atom. The molecule has 1 saturated heterocycles. The van der Waals surface area contributed by atoms with Crippen LogP contribution in [0, 0.1) is 5.92 Å². The Balaban J connectivity index is 2.21. The average Bonchev–Trinajstić information content (AvgIpc) is 2.48. The van der Waals surface area contributed by atoms with Crippen molar-refractivity contribution in [3.05, 3.63) is 17.0 Å². The summed E-state index contributed by atoms with van der Waals surface area (Å²) in [5.74, 6) is 1.47. The second-order valence-electron chi connectivity index (χ2n) is 3.74. The van der Waals surface area contributed by atoms with Crippen LogP contribution in [0.15, 0.2) is 17.0 Å². The quantitative estimate of drug-likeness (QED) is 0.816. The van der Waals surface area contributed by atoms with E-state index in [4.69, 9.17) is 5.73 Å². The highest BCUT2D eigenvalue weighted by Crippen LogP contribution is 2.26. The van der Waals surface area contributed by atoms with E-state index in [0.29, 0.717) is 5.92 Å². The maximum atomic E-state index is 5.96. The molecule has 0 saturated carbocycles. The lowest BCUT2D eigenvalue weighted by atomic mass is 10.1. The fourth-order valence-electron chi connectivity index (χ4n) is 1.70. The molecular formula is C9H13BrN4. The molecule has 1 aliphatic heterocycles. The first-order chi connectivity index (χ1) is 6.68. The molecule has 14 heavy (non-hydrogen) atoms. The molecule has 2 N–H and O–H groups in total. The van der Waals surface area contributed by atoms with Crippen LogP contribution in [0.5, 0.6) is 0 Å². The van der Waals surface area contributed by atoms with Crippen molar-refractivity contribution < 1.29 is 0 Å². The lowest BCUT2D eigenvalue weighted by Crippen LogP contribution is -2.28. The van der Waals surface area contributed by atoms with Crippen LogP contribution in [0.25, 0.3) is 0 Å². The van der Waals surface area contributed by atoms with Crippen LogP contribution in [0.2, 0.25) is 0 Å². The molecule has 76 valence electrons. The minimum Gasteiger partial charge on any atom is -0.354 e. The smallest absolute Gasteiger partial charge is 0.146 e. The fourth-order valence-corrected chi connectivity index (χ4v) is 2.18. The fraction of sp³-hybridized carbons (Fsp3) is 0.556. The maximum Gasteiger partial charge on any atom is 0.146 e. The highest BCUT2D eigenvalue weighted by molar-refractivity contribution is 9.10. The number of hydrogen-bond acceptors (Lipinski definition) is 4. The highest BCUT2D eigenvalue weighted by Gasteiger charge is 2.28. The molecule has 1 aromatic rings. The number of nitrogens with two attached hydrogens (primary N) is 1. The van der Waals surface area contributed by atoms with Crippen LogP contribution in [0.1, 0.15) is 6.92 Å². The molecule has 4 nitrogen and oxygen atoms in total. The van der Waals surface area contributed by atoms with Gasteiger partial charge in [0.1, 0.15) is 12.1 Å². The van der Waals surface area contributed by atoms with E-state index in [-0.39, 0.29) is 6.04 Å². The Morgan fingerprint density at radius 2 is 2.36 bits per heavy atom. The van der Waals surface area contributed by atoms with Gasteiger partial charge in [0.15, 0.2) is 0 Å². The van der Waals surface area contributed by atoms with E-state index in [0.717, 1.165) is 23.4 Å². The molecular weight excluding hydrogens is 244 g/mol. The van der Waals surface area contributed by atoms with Gasteiger partial charge in [-0.25, -0.2) is 9.97 Å². The summed E-state index contributed by atoms with van der Waals surface area (Å²) in [5, 5.41) is 0. The summed E-state index contributed by atoms with van der Waals surface area (Å²) in [6.07, 6.45) is 3.32. The third-order valence-electron chi connectivity index (χ3n) is 2.62. The van der Waals surface area contributed by atoms with Crippen molar-refractivity contribution >= 4 is 21.7 Å². The molecule has 1 fully saturated rings. The lowest BCUT2D eigenvalue weighted by molar-refractivity contribution is 0.566. The van der Waals surface area contributed by atoms with Crippen molar-refractivity contribution in [3.8, 4) is 0 Å². The van der Waals surface area contributed by atoms with Crippen LogP contribution in [-0.2, 0) is 0 Å². The molecule has 0 bridgehead atoms. The van der Waals surface area contributed by atoms with Gasteiger partial charge in [-0.1, -0.05) is 6.92 Å². The van der Waals surface area contributed by atoms with Gasteiger partial charge in [0.25, 0.3) is 0 Å². The summed E-state index contributed by atoms with van der Waals surface area (Å²) < 4.78 is 0.932. The van der Waals surface area contributed by atoms with Crippen molar-refractivity contribution in [2.24, 2.45) is 11.7 Å². The second kappa shape index (κ2) is 3.82. The molecule has 0 aromatic carbocycles. The van der Waals surface area contributed by atoms with Gasteiger partial charge >= 0.3 is 0 Å². The van der Waals surface area contributed by atoms with E-state index in [1.54, 1.807) is 12.5 Å². The summed E-state index contributed by atoms with van der Waals surface area (Å²) in [7, 11) is 0. The van der Waals surface area contributed by atoms with E-state index in [9.17, 15) is 0 Å². The van der Waals surface area contributed by atoms with Gasteiger partial charge < -0.3 is 10.6 Å². The van der Waals surface area contributed by atoms with Crippen LogP contribution in [0.3, 0.4) is 0 Å². The van der Waals surface area contributed by atoms with Crippen LogP contribution >= 0.6 is 15.9 Å². The molecule has 0 amide bonds. The Bertz CT molecular complexity index is 320. The Morgan fingerprint density at radius 3 is 2.93 bits per heavy atom. The minimum absolute atomic E-state index is 0.247. The molecule has 0 spiro atoms. The van der Waals surface area contributed by atoms with Crippen LogP contribution < -0.4 is 10.6 Å². The van der Waals surface area contributed by atoms with Gasteiger partial charge in [-0.05, 0) is 21.8 Å². The second-order valence-corrected chi connectivity index (χ2v) is 4.59.